The molecule has 0 bridgehead atoms. The van der Waals surface area contributed by atoms with E-state index in [1.165, 1.54) is 0 Å². The first-order valence-corrected chi connectivity index (χ1v) is 12.7. The highest BCUT2D eigenvalue weighted by Gasteiger charge is 2.27. The fourth-order valence-corrected chi connectivity index (χ4v) is 5.81. The molecule has 0 saturated carbocycles. The summed E-state index contributed by atoms with van der Waals surface area (Å²) in [7, 11) is -3.74. The van der Waals surface area contributed by atoms with Crippen LogP contribution in [-0.2, 0) is 19.6 Å². The van der Waals surface area contributed by atoms with Gasteiger partial charge >= 0.3 is 0 Å². The van der Waals surface area contributed by atoms with E-state index in [4.69, 9.17) is 16.3 Å². The lowest BCUT2D eigenvalue weighted by molar-refractivity contribution is -0.117. The molecule has 1 atom stereocenters. The molecule has 0 aliphatic carbocycles. The number of sulfonamides is 1. The van der Waals surface area contributed by atoms with Gasteiger partial charge in [-0.2, -0.15) is 0 Å². The molecular formula is C23H28ClN3O4S. The number of carbonyl (C=O) groups is 1. The maximum Gasteiger partial charge on any atom is 0.240 e. The molecule has 2 heterocycles. The Morgan fingerprint density at radius 2 is 1.91 bits per heavy atom. The standard InChI is InChI=1S/C23H28ClN3O4S/c1-17-14-20(27-9-3-6-23(27)28)7-8-22(17)32(29,30)25-16-21(26-10-12-31-13-11-26)18-4-2-5-19(24)15-18/h2,4-5,7-8,14-15,21,25H,3,6,9-13,16H2,1H3. The lowest BCUT2D eigenvalue weighted by Crippen LogP contribution is -2.43. The SMILES string of the molecule is Cc1cc(N2CCCC2=O)ccc1S(=O)(=O)NCC(c1cccc(Cl)c1)N1CCOCC1. The Kier molecular flexibility index (Phi) is 7.17. The van der Waals surface area contributed by atoms with E-state index in [1.807, 2.05) is 24.3 Å². The Labute approximate surface area is 194 Å². The fourth-order valence-electron chi connectivity index (χ4n) is 4.35. The van der Waals surface area contributed by atoms with Gasteiger partial charge in [-0.25, -0.2) is 13.1 Å². The number of aryl methyl sites for hydroxylation is 1. The van der Waals surface area contributed by atoms with Crippen molar-refractivity contribution in [1.82, 2.24) is 9.62 Å². The molecule has 9 heteroatoms. The van der Waals surface area contributed by atoms with Crippen molar-refractivity contribution in [3.05, 3.63) is 58.6 Å². The van der Waals surface area contributed by atoms with Gasteiger partial charge in [-0.15, -0.1) is 0 Å². The zero-order valence-electron chi connectivity index (χ0n) is 18.1. The first-order valence-electron chi connectivity index (χ1n) is 10.8. The van der Waals surface area contributed by atoms with E-state index < -0.39 is 10.0 Å². The monoisotopic (exact) mass is 477 g/mol. The Hall–Kier alpha value is -1.97. The molecule has 0 spiro atoms. The zero-order valence-corrected chi connectivity index (χ0v) is 19.7. The van der Waals surface area contributed by atoms with E-state index in [0.29, 0.717) is 36.8 Å². The van der Waals surface area contributed by atoms with Crippen molar-refractivity contribution in [2.24, 2.45) is 0 Å². The van der Waals surface area contributed by atoms with Crippen molar-refractivity contribution in [2.45, 2.75) is 30.7 Å². The van der Waals surface area contributed by atoms with Crippen molar-refractivity contribution < 1.29 is 17.9 Å². The average molecular weight is 478 g/mol. The van der Waals surface area contributed by atoms with Crippen LogP contribution in [-0.4, -0.2) is 58.6 Å². The fraction of sp³-hybridized carbons (Fsp3) is 0.435. The molecule has 2 saturated heterocycles. The van der Waals surface area contributed by atoms with Gasteiger partial charge in [0.15, 0.2) is 0 Å². The molecule has 2 aromatic rings. The molecule has 1 amide bonds. The van der Waals surface area contributed by atoms with Crippen molar-refractivity contribution in [1.29, 1.82) is 0 Å². The highest BCUT2D eigenvalue weighted by Crippen LogP contribution is 2.27. The highest BCUT2D eigenvalue weighted by atomic mass is 35.5. The second-order valence-corrected chi connectivity index (χ2v) is 10.3. The van der Waals surface area contributed by atoms with Crippen LogP contribution < -0.4 is 9.62 Å². The summed E-state index contributed by atoms with van der Waals surface area (Å²) < 4.78 is 34.6. The normalized spacial score (nSPS) is 18.8. The van der Waals surface area contributed by atoms with Gasteiger partial charge in [-0.05, 0) is 54.8 Å². The summed E-state index contributed by atoms with van der Waals surface area (Å²) in [6, 6.07) is 12.4. The van der Waals surface area contributed by atoms with Crippen LogP contribution in [0.15, 0.2) is 47.4 Å². The van der Waals surface area contributed by atoms with Crippen LogP contribution in [0.3, 0.4) is 0 Å². The van der Waals surface area contributed by atoms with E-state index in [2.05, 4.69) is 9.62 Å². The van der Waals surface area contributed by atoms with Crippen LogP contribution in [0.1, 0.15) is 30.0 Å². The minimum absolute atomic E-state index is 0.0769. The maximum atomic E-state index is 13.2. The number of rotatable bonds is 7. The number of hydrogen-bond donors (Lipinski definition) is 1. The molecule has 172 valence electrons. The maximum absolute atomic E-state index is 13.2. The van der Waals surface area contributed by atoms with Crippen LogP contribution in [0.2, 0.25) is 5.02 Å². The van der Waals surface area contributed by atoms with E-state index in [-0.39, 0.29) is 23.4 Å². The van der Waals surface area contributed by atoms with Crippen molar-refractivity contribution in [3.8, 4) is 0 Å². The Bertz CT molecular complexity index is 1090. The largest absolute Gasteiger partial charge is 0.379 e. The van der Waals surface area contributed by atoms with Gasteiger partial charge in [0.1, 0.15) is 0 Å². The Morgan fingerprint density at radius 3 is 2.56 bits per heavy atom. The van der Waals surface area contributed by atoms with Gasteiger partial charge in [-0.3, -0.25) is 9.69 Å². The predicted octanol–water partition coefficient (Wildman–Crippen LogP) is 3.13. The van der Waals surface area contributed by atoms with Gasteiger partial charge in [0.2, 0.25) is 15.9 Å². The number of ether oxygens (including phenoxy) is 1. The lowest BCUT2D eigenvalue weighted by atomic mass is 10.1. The summed E-state index contributed by atoms with van der Waals surface area (Å²) >= 11 is 6.20. The van der Waals surface area contributed by atoms with E-state index >= 15 is 0 Å². The Balaban J connectivity index is 1.54. The first-order chi connectivity index (χ1) is 15.3. The molecule has 4 rings (SSSR count). The average Bonchev–Trinajstić information content (AvgIpc) is 3.20. The molecule has 7 nitrogen and oxygen atoms in total. The zero-order chi connectivity index (χ0) is 22.7. The molecule has 0 aromatic heterocycles. The molecule has 32 heavy (non-hydrogen) atoms. The molecule has 2 aromatic carbocycles. The molecule has 1 N–H and O–H groups in total. The van der Waals surface area contributed by atoms with Crippen LogP contribution in [0.25, 0.3) is 0 Å². The summed E-state index contributed by atoms with van der Waals surface area (Å²) in [4.78, 5) is 16.2. The third kappa shape index (κ3) is 5.15. The van der Waals surface area contributed by atoms with Crippen LogP contribution in [0, 0.1) is 6.92 Å². The van der Waals surface area contributed by atoms with Crippen molar-refractivity contribution in [3.63, 3.8) is 0 Å². The van der Waals surface area contributed by atoms with Crippen molar-refractivity contribution in [2.75, 3.05) is 44.3 Å². The van der Waals surface area contributed by atoms with E-state index in [1.54, 1.807) is 30.0 Å². The summed E-state index contributed by atoms with van der Waals surface area (Å²) in [5, 5.41) is 0.617. The van der Waals surface area contributed by atoms with Crippen LogP contribution in [0.4, 0.5) is 5.69 Å². The third-order valence-corrected chi connectivity index (χ3v) is 7.84. The minimum atomic E-state index is -3.74. The molecule has 2 fully saturated rings. The number of carbonyl (C=O) groups excluding carboxylic acids is 1. The van der Waals surface area contributed by atoms with Crippen LogP contribution in [0.5, 0.6) is 0 Å². The highest BCUT2D eigenvalue weighted by molar-refractivity contribution is 7.89. The van der Waals surface area contributed by atoms with Gasteiger partial charge in [0.05, 0.1) is 18.1 Å². The topological polar surface area (TPSA) is 79.0 Å². The summed E-state index contributed by atoms with van der Waals surface area (Å²) in [6.07, 6.45) is 1.36. The molecule has 1 unspecified atom stereocenters. The Morgan fingerprint density at radius 1 is 1.12 bits per heavy atom. The number of anilines is 1. The van der Waals surface area contributed by atoms with Crippen LogP contribution >= 0.6 is 11.6 Å². The second-order valence-electron chi connectivity index (χ2n) is 8.17. The molecule has 2 aliphatic heterocycles. The van der Waals surface area contributed by atoms with Crippen molar-refractivity contribution >= 4 is 33.2 Å². The predicted molar refractivity (Wildman–Crippen MR) is 125 cm³/mol. The quantitative estimate of drug-likeness (QED) is 0.662. The van der Waals surface area contributed by atoms with Gasteiger partial charge in [0.25, 0.3) is 0 Å². The smallest absolute Gasteiger partial charge is 0.240 e. The van der Waals surface area contributed by atoms with Gasteiger partial charge in [-0.1, -0.05) is 23.7 Å². The molecule has 0 radical (unpaired) electrons. The molecular weight excluding hydrogens is 450 g/mol. The second kappa shape index (κ2) is 9.89. The summed E-state index contributed by atoms with van der Waals surface area (Å²) in [5.41, 5.74) is 2.32. The number of hydrogen-bond acceptors (Lipinski definition) is 5. The first kappa shape index (κ1) is 23.2. The number of benzene rings is 2. The van der Waals surface area contributed by atoms with Gasteiger partial charge < -0.3 is 9.64 Å². The number of nitrogens with zero attached hydrogens (tertiary/aromatic N) is 2. The summed E-state index contributed by atoms with van der Waals surface area (Å²) in [5.74, 6) is 0.0769. The third-order valence-electron chi connectivity index (χ3n) is 6.02. The number of amides is 1. The van der Waals surface area contributed by atoms with E-state index in [9.17, 15) is 13.2 Å². The number of nitrogens with one attached hydrogen (secondary N) is 1. The number of halogens is 1. The van der Waals surface area contributed by atoms with E-state index in [0.717, 1.165) is 30.8 Å². The number of morpholine rings is 1. The minimum Gasteiger partial charge on any atom is -0.379 e. The molecule has 2 aliphatic rings. The van der Waals surface area contributed by atoms with Gasteiger partial charge in [0, 0.05) is 49.4 Å². The summed E-state index contributed by atoms with van der Waals surface area (Å²) in [6.45, 7) is 5.30. The lowest BCUT2D eigenvalue weighted by Gasteiger charge is -2.35.